The van der Waals surface area contributed by atoms with Crippen molar-refractivity contribution in [1.29, 1.82) is 0 Å². The Bertz CT molecular complexity index is 735. The standard InChI is InChI=1S/C20H22N2O3/c1-25-18-10-4-15(5-11-18)13-20(24)21-16-6-2-14(3-7-16)12-19(23)22-17-8-9-17/h2-7,10-11,17H,8-9,12-13H2,1H3,(H,21,24)(H,22,23). The van der Waals surface area contributed by atoms with Gasteiger partial charge in [-0.25, -0.2) is 0 Å². The van der Waals surface area contributed by atoms with Crippen LogP contribution < -0.4 is 15.4 Å². The number of carbonyl (C=O) groups excluding carboxylic acids is 2. The summed E-state index contributed by atoms with van der Waals surface area (Å²) in [5.41, 5.74) is 2.59. The number of carbonyl (C=O) groups is 2. The summed E-state index contributed by atoms with van der Waals surface area (Å²) in [7, 11) is 1.61. The third kappa shape index (κ3) is 5.35. The summed E-state index contributed by atoms with van der Waals surface area (Å²) < 4.78 is 5.10. The lowest BCUT2D eigenvalue weighted by atomic mass is 10.1. The zero-order valence-electron chi connectivity index (χ0n) is 14.2. The molecular formula is C20H22N2O3. The van der Waals surface area contributed by atoms with Gasteiger partial charge in [-0.3, -0.25) is 9.59 Å². The number of rotatable bonds is 7. The van der Waals surface area contributed by atoms with Gasteiger partial charge in [0, 0.05) is 11.7 Å². The quantitative estimate of drug-likeness (QED) is 0.816. The maximum absolute atomic E-state index is 12.1. The van der Waals surface area contributed by atoms with E-state index in [1.807, 2.05) is 48.5 Å². The summed E-state index contributed by atoms with van der Waals surface area (Å²) in [5, 5.41) is 5.84. The van der Waals surface area contributed by atoms with Crippen molar-refractivity contribution in [1.82, 2.24) is 5.32 Å². The summed E-state index contributed by atoms with van der Waals surface area (Å²) in [4.78, 5) is 23.9. The molecule has 2 aromatic rings. The van der Waals surface area contributed by atoms with Crippen molar-refractivity contribution in [3.05, 3.63) is 59.7 Å². The Hall–Kier alpha value is -2.82. The van der Waals surface area contributed by atoms with Crippen LogP contribution >= 0.6 is 0 Å². The second kappa shape index (κ2) is 7.83. The van der Waals surface area contributed by atoms with Crippen molar-refractivity contribution >= 4 is 17.5 Å². The Kier molecular flexibility index (Phi) is 5.33. The lowest BCUT2D eigenvalue weighted by Crippen LogP contribution is -2.26. The summed E-state index contributed by atoms with van der Waals surface area (Å²) in [6.07, 6.45) is 2.85. The largest absolute Gasteiger partial charge is 0.497 e. The fraction of sp³-hybridized carbons (Fsp3) is 0.300. The Morgan fingerprint density at radius 1 is 0.920 bits per heavy atom. The van der Waals surface area contributed by atoms with Crippen molar-refractivity contribution in [2.75, 3.05) is 12.4 Å². The highest BCUT2D eigenvalue weighted by atomic mass is 16.5. The first-order valence-electron chi connectivity index (χ1n) is 8.43. The molecule has 1 aliphatic carbocycles. The highest BCUT2D eigenvalue weighted by Gasteiger charge is 2.22. The Labute approximate surface area is 147 Å². The molecule has 3 rings (SSSR count). The number of hydrogen-bond acceptors (Lipinski definition) is 3. The van der Waals surface area contributed by atoms with E-state index in [0.717, 1.165) is 35.4 Å². The second-order valence-corrected chi connectivity index (χ2v) is 6.29. The molecule has 2 N–H and O–H groups in total. The molecule has 25 heavy (non-hydrogen) atoms. The fourth-order valence-electron chi connectivity index (χ4n) is 2.53. The summed E-state index contributed by atoms with van der Waals surface area (Å²) >= 11 is 0. The van der Waals surface area contributed by atoms with E-state index in [2.05, 4.69) is 10.6 Å². The summed E-state index contributed by atoms with van der Waals surface area (Å²) in [5.74, 6) is 0.744. The zero-order valence-corrected chi connectivity index (χ0v) is 14.2. The van der Waals surface area contributed by atoms with Crippen LogP contribution in [-0.2, 0) is 22.4 Å². The normalized spacial score (nSPS) is 13.2. The number of anilines is 1. The lowest BCUT2D eigenvalue weighted by Gasteiger charge is -2.08. The number of ether oxygens (including phenoxy) is 1. The smallest absolute Gasteiger partial charge is 0.228 e. The first-order chi connectivity index (χ1) is 12.1. The van der Waals surface area contributed by atoms with Crippen LogP contribution in [0.5, 0.6) is 5.75 Å². The van der Waals surface area contributed by atoms with Gasteiger partial charge in [0.05, 0.1) is 20.0 Å². The van der Waals surface area contributed by atoms with Crippen molar-refractivity contribution < 1.29 is 14.3 Å². The van der Waals surface area contributed by atoms with Gasteiger partial charge in [-0.2, -0.15) is 0 Å². The molecule has 5 heteroatoms. The molecule has 5 nitrogen and oxygen atoms in total. The molecule has 0 saturated heterocycles. The van der Waals surface area contributed by atoms with Gasteiger partial charge in [0.25, 0.3) is 0 Å². The van der Waals surface area contributed by atoms with E-state index in [4.69, 9.17) is 4.74 Å². The highest BCUT2D eigenvalue weighted by Crippen LogP contribution is 2.19. The minimum atomic E-state index is -0.0793. The number of hydrogen-bond donors (Lipinski definition) is 2. The molecule has 130 valence electrons. The van der Waals surface area contributed by atoms with Gasteiger partial charge in [-0.05, 0) is 48.2 Å². The van der Waals surface area contributed by atoms with Gasteiger partial charge in [0.1, 0.15) is 5.75 Å². The van der Waals surface area contributed by atoms with Crippen LogP contribution in [0.25, 0.3) is 0 Å². The zero-order chi connectivity index (χ0) is 17.6. The Morgan fingerprint density at radius 2 is 1.48 bits per heavy atom. The van der Waals surface area contributed by atoms with Crippen LogP contribution in [0.2, 0.25) is 0 Å². The van der Waals surface area contributed by atoms with Crippen LogP contribution in [-0.4, -0.2) is 25.0 Å². The molecule has 2 amide bonds. The van der Waals surface area contributed by atoms with E-state index >= 15 is 0 Å². The first kappa shape index (κ1) is 17.0. The van der Waals surface area contributed by atoms with E-state index in [1.165, 1.54) is 0 Å². The Balaban J connectivity index is 1.49. The lowest BCUT2D eigenvalue weighted by molar-refractivity contribution is -0.120. The molecule has 0 unspecified atom stereocenters. The van der Waals surface area contributed by atoms with Gasteiger partial charge in [0.15, 0.2) is 0 Å². The molecular weight excluding hydrogens is 316 g/mol. The average molecular weight is 338 g/mol. The number of methoxy groups -OCH3 is 1. The molecule has 2 aromatic carbocycles. The Morgan fingerprint density at radius 3 is 2.04 bits per heavy atom. The minimum absolute atomic E-state index is 0.0544. The third-order valence-corrected chi connectivity index (χ3v) is 4.07. The van der Waals surface area contributed by atoms with Crippen molar-refractivity contribution in [3.8, 4) is 5.75 Å². The molecule has 0 heterocycles. The monoisotopic (exact) mass is 338 g/mol. The highest BCUT2D eigenvalue weighted by molar-refractivity contribution is 5.92. The molecule has 0 aliphatic heterocycles. The average Bonchev–Trinajstić information content (AvgIpc) is 3.41. The number of benzene rings is 2. The molecule has 0 bridgehead atoms. The topological polar surface area (TPSA) is 67.4 Å². The summed E-state index contributed by atoms with van der Waals surface area (Å²) in [6.45, 7) is 0. The van der Waals surface area contributed by atoms with Gasteiger partial charge >= 0.3 is 0 Å². The minimum Gasteiger partial charge on any atom is -0.497 e. The molecule has 1 aliphatic rings. The van der Waals surface area contributed by atoms with Gasteiger partial charge in [0.2, 0.25) is 11.8 Å². The first-order valence-corrected chi connectivity index (χ1v) is 8.43. The van der Waals surface area contributed by atoms with E-state index in [-0.39, 0.29) is 11.8 Å². The van der Waals surface area contributed by atoms with Crippen LogP contribution in [0.4, 0.5) is 5.69 Å². The van der Waals surface area contributed by atoms with Gasteiger partial charge in [-0.1, -0.05) is 24.3 Å². The molecule has 0 spiro atoms. The van der Waals surface area contributed by atoms with Crippen molar-refractivity contribution in [2.45, 2.75) is 31.7 Å². The molecule has 1 saturated carbocycles. The van der Waals surface area contributed by atoms with E-state index in [1.54, 1.807) is 7.11 Å². The van der Waals surface area contributed by atoms with Crippen LogP contribution in [0.3, 0.4) is 0 Å². The number of nitrogens with one attached hydrogen (secondary N) is 2. The van der Waals surface area contributed by atoms with Gasteiger partial charge < -0.3 is 15.4 Å². The third-order valence-electron chi connectivity index (χ3n) is 4.07. The van der Waals surface area contributed by atoms with E-state index in [9.17, 15) is 9.59 Å². The van der Waals surface area contributed by atoms with Crippen LogP contribution in [0, 0.1) is 0 Å². The van der Waals surface area contributed by atoms with Crippen LogP contribution in [0.1, 0.15) is 24.0 Å². The number of amides is 2. The molecule has 0 atom stereocenters. The predicted molar refractivity (Wildman–Crippen MR) is 96.6 cm³/mol. The molecule has 1 fully saturated rings. The van der Waals surface area contributed by atoms with Gasteiger partial charge in [-0.15, -0.1) is 0 Å². The summed E-state index contributed by atoms with van der Waals surface area (Å²) in [6, 6.07) is 15.2. The van der Waals surface area contributed by atoms with E-state index < -0.39 is 0 Å². The molecule has 0 radical (unpaired) electrons. The van der Waals surface area contributed by atoms with Crippen LogP contribution in [0.15, 0.2) is 48.5 Å². The van der Waals surface area contributed by atoms with Crippen molar-refractivity contribution in [3.63, 3.8) is 0 Å². The fourth-order valence-corrected chi connectivity index (χ4v) is 2.53. The van der Waals surface area contributed by atoms with Crippen molar-refractivity contribution in [2.24, 2.45) is 0 Å². The molecule has 0 aromatic heterocycles. The second-order valence-electron chi connectivity index (χ2n) is 6.29. The maximum atomic E-state index is 12.1. The SMILES string of the molecule is COc1ccc(CC(=O)Nc2ccc(CC(=O)NC3CC3)cc2)cc1. The predicted octanol–water partition coefficient (Wildman–Crippen LogP) is 2.70. The van der Waals surface area contributed by atoms with E-state index in [0.29, 0.717) is 18.9 Å². The maximum Gasteiger partial charge on any atom is 0.228 e.